The number of nitrogens with one attached hydrogen (secondary N) is 1. The summed E-state index contributed by atoms with van der Waals surface area (Å²) in [5.41, 5.74) is 1.53. The van der Waals surface area contributed by atoms with Crippen LogP contribution in [-0.4, -0.2) is 45.3 Å². The van der Waals surface area contributed by atoms with Gasteiger partial charge >= 0.3 is 0 Å². The first-order valence-corrected chi connectivity index (χ1v) is 15.1. The largest absolute Gasteiger partial charge is 0.494 e. The number of pyridine rings is 1. The van der Waals surface area contributed by atoms with Crippen LogP contribution in [0.25, 0.3) is 22.2 Å². The second-order valence-electron chi connectivity index (χ2n) is 12.4. The summed E-state index contributed by atoms with van der Waals surface area (Å²) in [6.45, 7) is -0.391. The monoisotopic (exact) mass is 657 g/mol. The molecule has 3 aliphatic carbocycles. The zero-order chi connectivity index (χ0) is 32.8. The van der Waals surface area contributed by atoms with Crippen LogP contribution >= 0.6 is 11.6 Å². The molecule has 3 saturated carbocycles. The Kier molecular flexibility index (Phi) is 6.87. The Morgan fingerprint density at radius 1 is 1.15 bits per heavy atom. The third kappa shape index (κ3) is 4.79. The predicted octanol–water partition coefficient (Wildman–Crippen LogP) is 5.14. The molecule has 0 spiro atoms. The smallest absolute Gasteiger partial charge is 0.251 e. The molecule has 3 fully saturated rings. The van der Waals surface area contributed by atoms with Crippen molar-refractivity contribution in [2.24, 2.45) is 11.7 Å². The SMILES string of the molecule is COc1cc(C(=O)NC[C@](O)(c2cc(C3(C(N)=O)CC3)c(F)c(-c3ccc(F)c(Cl)c3F)n2)C2CC2)cc2cn(C3(F)CC3)nc12. The van der Waals surface area contributed by atoms with E-state index < -0.39 is 74.8 Å². The highest BCUT2D eigenvalue weighted by molar-refractivity contribution is 6.31. The molecule has 46 heavy (non-hydrogen) atoms. The van der Waals surface area contributed by atoms with E-state index in [0.29, 0.717) is 36.6 Å². The molecule has 3 aliphatic rings. The van der Waals surface area contributed by atoms with Crippen molar-refractivity contribution in [1.29, 1.82) is 0 Å². The fourth-order valence-corrected chi connectivity index (χ4v) is 6.17. The molecule has 7 rings (SSSR count). The fourth-order valence-electron chi connectivity index (χ4n) is 6.01. The van der Waals surface area contributed by atoms with Crippen molar-refractivity contribution in [3.05, 3.63) is 75.8 Å². The van der Waals surface area contributed by atoms with Gasteiger partial charge in [0, 0.05) is 41.1 Å². The van der Waals surface area contributed by atoms with Gasteiger partial charge in [0.25, 0.3) is 5.91 Å². The molecule has 9 nitrogen and oxygen atoms in total. The van der Waals surface area contributed by atoms with Crippen LogP contribution in [-0.2, 0) is 21.6 Å². The molecule has 1 atom stereocenters. The molecule has 2 amide bonds. The summed E-state index contributed by atoms with van der Waals surface area (Å²) in [6.07, 6.45) is 3.68. The number of alkyl halides is 1. The van der Waals surface area contributed by atoms with Crippen LogP contribution in [0.4, 0.5) is 17.6 Å². The maximum absolute atomic E-state index is 16.1. The van der Waals surface area contributed by atoms with Crippen molar-refractivity contribution >= 4 is 34.3 Å². The van der Waals surface area contributed by atoms with E-state index in [-0.39, 0.29) is 35.4 Å². The Morgan fingerprint density at radius 2 is 1.87 bits per heavy atom. The normalized spacial score (nSPS) is 19.0. The maximum atomic E-state index is 16.1. The number of carbonyl (C=O) groups excluding carboxylic acids is 2. The fraction of sp³-hybridized carbons (Fsp3) is 0.375. The minimum absolute atomic E-state index is 0.124. The molecule has 4 N–H and O–H groups in total. The van der Waals surface area contributed by atoms with Crippen LogP contribution in [0.15, 0.2) is 36.5 Å². The summed E-state index contributed by atoms with van der Waals surface area (Å²) in [6, 6.07) is 6.03. The highest BCUT2D eigenvalue weighted by Gasteiger charge is 2.54. The molecule has 0 bridgehead atoms. The summed E-state index contributed by atoms with van der Waals surface area (Å²) in [4.78, 5) is 30.2. The van der Waals surface area contributed by atoms with Crippen LogP contribution in [0.1, 0.15) is 60.1 Å². The summed E-state index contributed by atoms with van der Waals surface area (Å²) in [5.74, 6) is -6.53. The van der Waals surface area contributed by atoms with Gasteiger partial charge < -0.3 is 20.9 Å². The van der Waals surface area contributed by atoms with Gasteiger partial charge in [0.1, 0.15) is 33.4 Å². The van der Waals surface area contributed by atoms with Crippen molar-refractivity contribution in [3.63, 3.8) is 0 Å². The van der Waals surface area contributed by atoms with Crippen molar-refractivity contribution < 1.29 is 37.0 Å². The molecule has 0 radical (unpaired) electrons. The lowest BCUT2D eigenvalue weighted by atomic mass is 9.86. The van der Waals surface area contributed by atoms with Crippen LogP contribution in [0, 0.1) is 23.4 Å². The summed E-state index contributed by atoms with van der Waals surface area (Å²) >= 11 is 5.79. The molecular formula is C32H28ClF4N5O4. The number of aliphatic hydroxyl groups is 1. The van der Waals surface area contributed by atoms with Gasteiger partial charge in [-0.05, 0) is 61.9 Å². The third-order valence-electron chi connectivity index (χ3n) is 9.33. The van der Waals surface area contributed by atoms with Gasteiger partial charge in [0.05, 0.1) is 24.8 Å². The van der Waals surface area contributed by atoms with E-state index in [1.807, 2.05) is 0 Å². The van der Waals surface area contributed by atoms with Crippen molar-refractivity contribution in [2.75, 3.05) is 13.7 Å². The van der Waals surface area contributed by atoms with Gasteiger partial charge in [-0.1, -0.05) is 11.6 Å². The summed E-state index contributed by atoms with van der Waals surface area (Å²) in [7, 11) is 1.40. The van der Waals surface area contributed by atoms with Gasteiger partial charge in [0.2, 0.25) is 11.7 Å². The zero-order valence-electron chi connectivity index (χ0n) is 24.5. The van der Waals surface area contributed by atoms with E-state index in [9.17, 15) is 23.5 Å². The first-order valence-electron chi connectivity index (χ1n) is 14.7. The van der Waals surface area contributed by atoms with Crippen molar-refractivity contribution in [3.8, 4) is 17.0 Å². The average molecular weight is 658 g/mol. The first-order chi connectivity index (χ1) is 21.8. The highest BCUT2D eigenvalue weighted by Crippen LogP contribution is 2.52. The van der Waals surface area contributed by atoms with Gasteiger partial charge in [-0.15, -0.1) is 0 Å². The van der Waals surface area contributed by atoms with Crippen molar-refractivity contribution in [2.45, 2.75) is 55.3 Å². The topological polar surface area (TPSA) is 132 Å². The Hall–Kier alpha value is -4.23. The Balaban J connectivity index is 1.27. The Labute approximate surface area is 264 Å². The number of benzene rings is 2. The number of aromatic nitrogens is 3. The van der Waals surface area contributed by atoms with Crippen LogP contribution in [0.2, 0.25) is 5.02 Å². The molecule has 0 unspecified atom stereocenters. The standard InChI is InChI=1S/C32H28ClF4N5O4/c1-46-21-11-15(10-16-13-42(41-26(16)21)31(37)8-9-31)28(43)39-14-32(45,17-2-3-17)22-12-19(30(6-7-30)29(38)44)25(36)27(40-22)18-4-5-20(34)23(33)24(18)35/h4-5,10-13,17,45H,2-3,6-9,14H2,1H3,(H2,38,44)(H,39,43)/t32-/m1/s1. The number of hydrogen-bond acceptors (Lipinski definition) is 6. The van der Waals surface area contributed by atoms with E-state index in [0.717, 1.165) is 12.1 Å². The molecule has 2 aromatic heterocycles. The van der Waals surface area contributed by atoms with Crippen molar-refractivity contribution in [1.82, 2.24) is 20.1 Å². The number of nitrogens with two attached hydrogens (primary N) is 1. The van der Waals surface area contributed by atoms with Crippen LogP contribution in [0.3, 0.4) is 0 Å². The number of primary amides is 1. The molecule has 14 heteroatoms. The Bertz CT molecular complexity index is 1960. The van der Waals surface area contributed by atoms with Crippen LogP contribution in [0.5, 0.6) is 5.75 Å². The van der Waals surface area contributed by atoms with E-state index >= 15 is 8.78 Å². The number of carbonyl (C=O) groups is 2. The highest BCUT2D eigenvalue weighted by atomic mass is 35.5. The number of nitrogens with zero attached hydrogens (tertiary/aromatic N) is 3. The van der Waals surface area contributed by atoms with E-state index in [1.165, 1.54) is 36.2 Å². The number of fused-ring (bicyclic) bond motifs is 1. The molecule has 0 saturated heterocycles. The second-order valence-corrected chi connectivity index (χ2v) is 12.8. The molecule has 2 heterocycles. The lowest BCUT2D eigenvalue weighted by molar-refractivity contribution is -0.120. The predicted molar refractivity (Wildman–Crippen MR) is 158 cm³/mol. The van der Waals surface area contributed by atoms with Gasteiger partial charge in [-0.3, -0.25) is 9.59 Å². The van der Waals surface area contributed by atoms with E-state index in [4.69, 9.17) is 22.1 Å². The number of methoxy groups -OCH3 is 1. The number of amides is 2. The van der Waals surface area contributed by atoms with Gasteiger partial charge in [-0.2, -0.15) is 5.10 Å². The van der Waals surface area contributed by atoms with E-state index in [2.05, 4.69) is 15.4 Å². The molecule has 240 valence electrons. The first kappa shape index (κ1) is 30.4. The van der Waals surface area contributed by atoms with Gasteiger partial charge in [-0.25, -0.2) is 27.2 Å². The lowest BCUT2D eigenvalue weighted by Crippen LogP contribution is -2.43. The zero-order valence-corrected chi connectivity index (χ0v) is 25.2. The van der Waals surface area contributed by atoms with Crippen LogP contribution < -0.4 is 15.8 Å². The molecule has 4 aromatic rings. The van der Waals surface area contributed by atoms with Gasteiger partial charge in [0.15, 0.2) is 11.6 Å². The number of hydrogen-bond donors (Lipinski definition) is 3. The second kappa shape index (κ2) is 10.4. The number of ether oxygens (including phenoxy) is 1. The lowest BCUT2D eigenvalue weighted by Gasteiger charge is -2.30. The summed E-state index contributed by atoms with van der Waals surface area (Å²) in [5, 5.41) is 18.7. The minimum Gasteiger partial charge on any atom is -0.494 e. The minimum atomic E-state index is -1.88. The molecule has 2 aromatic carbocycles. The average Bonchev–Trinajstić information content (AvgIpc) is 3.93. The maximum Gasteiger partial charge on any atom is 0.251 e. The van der Waals surface area contributed by atoms with E-state index in [1.54, 1.807) is 0 Å². The molecular weight excluding hydrogens is 630 g/mol. The number of halogens is 5. The quantitative estimate of drug-likeness (QED) is 0.160. The molecule has 0 aliphatic heterocycles. The number of rotatable bonds is 10. The Morgan fingerprint density at radius 3 is 2.48 bits per heavy atom. The third-order valence-corrected chi connectivity index (χ3v) is 9.68. The summed E-state index contributed by atoms with van der Waals surface area (Å²) < 4.78 is 66.6.